The van der Waals surface area contributed by atoms with E-state index in [0.717, 1.165) is 47.0 Å². The minimum Gasteiger partial charge on any atom is -0.351 e. The fraction of sp³-hybridized carbons (Fsp3) is 0.611. The smallest absolute Gasteiger partial charge is 0.271 e. The standard InChI is InChI=1S/C18H26N4O2S2/c23-16(19-9-5-2-6-10-21-24)14-15(13-7-3-1-4-8-13)26-18(22-14)17-20-11-12-25-17/h11-13,21,24H,1-10H2,(H,19,23). The summed E-state index contributed by atoms with van der Waals surface area (Å²) in [4.78, 5) is 22.9. The van der Waals surface area contributed by atoms with E-state index in [1.807, 2.05) is 5.38 Å². The van der Waals surface area contributed by atoms with Crippen LogP contribution in [0, 0.1) is 0 Å². The number of hydrogen-bond donors (Lipinski definition) is 3. The summed E-state index contributed by atoms with van der Waals surface area (Å²) in [6, 6.07) is 0. The lowest BCUT2D eigenvalue weighted by atomic mass is 9.87. The normalized spacial score (nSPS) is 15.3. The summed E-state index contributed by atoms with van der Waals surface area (Å²) in [5.74, 6) is 0.385. The van der Waals surface area contributed by atoms with Gasteiger partial charge in [0.1, 0.15) is 5.69 Å². The topological polar surface area (TPSA) is 87.1 Å². The SMILES string of the molecule is O=C(NCCCCCNO)c1nc(-c2nccs2)sc1C1CCCCC1. The zero-order valence-corrected chi connectivity index (χ0v) is 16.5. The van der Waals surface area contributed by atoms with Crippen molar-refractivity contribution in [3.8, 4) is 10.0 Å². The van der Waals surface area contributed by atoms with Crippen LogP contribution in [-0.4, -0.2) is 34.2 Å². The number of carbonyl (C=O) groups excluding carboxylic acids is 1. The molecule has 26 heavy (non-hydrogen) atoms. The van der Waals surface area contributed by atoms with Gasteiger partial charge in [-0.3, -0.25) is 4.79 Å². The highest BCUT2D eigenvalue weighted by Crippen LogP contribution is 2.40. The van der Waals surface area contributed by atoms with Crippen molar-refractivity contribution in [1.82, 2.24) is 20.8 Å². The van der Waals surface area contributed by atoms with Crippen molar-refractivity contribution in [3.05, 3.63) is 22.1 Å². The van der Waals surface area contributed by atoms with Gasteiger partial charge in [0.2, 0.25) is 0 Å². The van der Waals surface area contributed by atoms with Gasteiger partial charge in [-0.1, -0.05) is 25.7 Å². The Labute approximate surface area is 162 Å². The Kier molecular flexibility index (Phi) is 7.55. The van der Waals surface area contributed by atoms with Gasteiger partial charge in [-0.2, -0.15) is 0 Å². The zero-order valence-electron chi connectivity index (χ0n) is 14.9. The Balaban J connectivity index is 1.68. The van der Waals surface area contributed by atoms with Crippen LogP contribution in [-0.2, 0) is 0 Å². The van der Waals surface area contributed by atoms with Crippen molar-refractivity contribution in [2.24, 2.45) is 0 Å². The third-order valence-corrected chi connectivity index (χ3v) is 6.84. The van der Waals surface area contributed by atoms with Crippen LogP contribution >= 0.6 is 22.7 Å². The van der Waals surface area contributed by atoms with Gasteiger partial charge < -0.3 is 10.5 Å². The van der Waals surface area contributed by atoms with E-state index >= 15 is 0 Å². The van der Waals surface area contributed by atoms with E-state index in [-0.39, 0.29) is 5.91 Å². The highest BCUT2D eigenvalue weighted by molar-refractivity contribution is 7.20. The van der Waals surface area contributed by atoms with Crippen LogP contribution < -0.4 is 10.8 Å². The largest absolute Gasteiger partial charge is 0.351 e. The summed E-state index contributed by atoms with van der Waals surface area (Å²) in [6.45, 7) is 1.22. The second kappa shape index (κ2) is 10.1. The van der Waals surface area contributed by atoms with Crippen molar-refractivity contribution in [3.63, 3.8) is 0 Å². The molecular weight excluding hydrogens is 368 g/mol. The monoisotopic (exact) mass is 394 g/mol. The molecule has 8 heteroatoms. The Morgan fingerprint density at radius 1 is 1.15 bits per heavy atom. The molecule has 0 bridgehead atoms. The number of nitrogens with one attached hydrogen (secondary N) is 2. The van der Waals surface area contributed by atoms with Gasteiger partial charge in [0.15, 0.2) is 10.0 Å². The number of nitrogens with zero attached hydrogens (tertiary/aromatic N) is 2. The highest BCUT2D eigenvalue weighted by atomic mass is 32.1. The van der Waals surface area contributed by atoms with Crippen LogP contribution in [0.4, 0.5) is 0 Å². The zero-order chi connectivity index (χ0) is 18.2. The molecule has 3 N–H and O–H groups in total. The summed E-state index contributed by atoms with van der Waals surface area (Å²) < 4.78 is 0. The molecule has 1 aliphatic rings. The fourth-order valence-electron chi connectivity index (χ4n) is 3.35. The maximum absolute atomic E-state index is 12.7. The van der Waals surface area contributed by atoms with Crippen LogP contribution in [0.5, 0.6) is 0 Å². The average molecular weight is 395 g/mol. The molecule has 1 saturated carbocycles. The molecule has 1 aliphatic carbocycles. The molecule has 0 saturated heterocycles. The lowest BCUT2D eigenvalue weighted by molar-refractivity contribution is 0.0946. The molecule has 6 nitrogen and oxygen atoms in total. The molecule has 3 rings (SSSR count). The number of rotatable bonds is 9. The van der Waals surface area contributed by atoms with Gasteiger partial charge in [-0.25, -0.2) is 15.4 Å². The summed E-state index contributed by atoms with van der Waals surface area (Å²) in [7, 11) is 0. The van der Waals surface area contributed by atoms with Gasteiger partial charge >= 0.3 is 0 Å². The lowest BCUT2D eigenvalue weighted by Crippen LogP contribution is -2.26. The number of hydrogen-bond acceptors (Lipinski definition) is 7. The first-order valence-corrected chi connectivity index (χ1v) is 11.0. The first-order valence-electron chi connectivity index (χ1n) is 9.35. The molecule has 2 aromatic heterocycles. The second-order valence-electron chi connectivity index (χ2n) is 6.63. The van der Waals surface area contributed by atoms with Crippen molar-refractivity contribution in [2.45, 2.75) is 57.3 Å². The van der Waals surface area contributed by atoms with E-state index in [1.165, 1.54) is 19.3 Å². The number of hydroxylamine groups is 1. The molecule has 0 unspecified atom stereocenters. The van der Waals surface area contributed by atoms with Crippen LogP contribution in [0.3, 0.4) is 0 Å². The highest BCUT2D eigenvalue weighted by Gasteiger charge is 2.26. The number of unbranched alkanes of at least 4 members (excludes halogenated alkanes) is 2. The molecule has 142 valence electrons. The minimum atomic E-state index is -0.0649. The average Bonchev–Trinajstić information content (AvgIpc) is 3.34. The molecule has 0 radical (unpaired) electrons. The van der Waals surface area contributed by atoms with Crippen molar-refractivity contribution >= 4 is 28.6 Å². The molecule has 2 heterocycles. The van der Waals surface area contributed by atoms with Crippen LogP contribution in [0.15, 0.2) is 11.6 Å². The molecule has 0 atom stereocenters. The first-order chi connectivity index (χ1) is 12.8. The first kappa shape index (κ1) is 19.4. The maximum Gasteiger partial charge on any atom is 0.271 e. The molecule has 1 amide bonds. The van der Waals surface area contributed by atoms with E-state index in [4.69, 9.17) is 5.21 Å². The van der Waals surface area contributed by atoms with Crippen LogP contribution in [0.2, 0.25) is 0 Å². The predicted molar refractivity (Wildman–Crippen MR) is 105 cm³/mol. The van der Waals surface area contributed by atoms with Gasteiger partial charge in [-0.15, -0.1) is 22.7 Å². The summed E-state index contributed by atoms with van der Waals surface area (Å²) >= 11 is 3.21. The second-order valence-corrected chi connectivity index (χ2v) is 8.55. The Hall–Kier alpha value is -1.35. The summed E-state index contributed by atoms with van der Waals surface area (Å²) in [5, 5.41) is 15.3. The van der Waals surface area contributed by atoms with Crippen LogP contribution in [0.25, 0.3) is 10.0 Å². The van der Waals surface area contributed by atoms with Crippen LogP contribution in [0.1, 0.15) is 72.7 Å². The van der Waals surface area contributed by atoms with E-state index in [9.17, 15) is 4.79 Å². The van der Waals surface area contributed by atoms with Gasteiger partial charge in [0.05, 0.1) is 0 Å². The number of aromatic nitrogens is 2. The van der Waals surface area contributed by atoms with Gasteiger partial charge in [0.25, 0.3) is 5.91 Å². The van der Waals surface area contributed by atoms with Crippen molar-refractivity contribution in [1.29, 1.82) is 0 Å². The summed E-state index contributed by atoms with van der Waals surface area (Å²) in [6.07, 6.45) is 10.6. The quantitative estimate of drug-likeness (QED) is 0.438. The summed E-state index contributed by atoms with van der Waals surface area (Å²) in [5.41, 5.74) is 2.75. The third-order valence-electron chi connectivity index (χ3n) is 4.71. The Bertz CT molecular complexity index is 681. The maximum atomic E-state index is 12.7. The number of amides is 1. The van der Waals surface area contributed by atoms with Crippen molar-refractivity contribution in [2.75, 3.05) is 13.1 Å². The van der Waals surface area contributed by atoms with E-state index in [2.05, 4.69) is 20.8 Å². The minimum absolute atomic E-state index is 0.0649. The van der Waals surface area contributed by atoms with E-state index < -0.39 is 0 Å². The van der Waals surface area contributed by atoms with Gasteiger partial charge in [-0.05, 0) is 31.6 Å². The number of carbonyl (C=O) groups is 1. The molecule has 0 aromatic carbocycles. The number of thiazole rings is 2. The van der Waals surface area contributed by atoms with E-state index in [1.54, 1.807) is 28.9 Å². The fourth-order valence-corrected chi connectivity index (χ4v) is 5.26. The third kappa shape index (κ3) is 5.09. The Morgan fingerprint density at radius 2 is 1.96 bits per heavy atom. The van der Waals surface area contributed by atoms with Crippen molar-refractivity contribution < 1.29 is 10.0 Å². The molecule has 0 spiro atoms. The molecule has 0 aliphatic heterocycles. The Morgan fingerprint density at radius 3 is 2.69 bits per heavy atom. The molecule has 1 fully saturated rings. The molecule has 2 aromatic rings. The van der Waals surface area contributed by atoms with E-state index in [0.29, 0.717) is 24.7 Å². The predicted octanol–water partition coefficient (Wildman–Crippen LogP) is 4.19. The lowest BCUT2D eigenvalue weighted by Gasteiger charge is -2.20. The molecular formula is C18H26N4O2S2. The van der Waals surface area contributed by atoms with Gasteiger partial charge in [0, 0.05) is 29.5 Å².